The minimum Gasteiger partial charge on any atom is -0.220 e. The van der Waals surface area contributed by atoms with Crippen molar-refractivity contribution in [2.45, 2.75) is 6.43 Å². The highest BCUT2D eigenvalue weighted by Gasteiger charge is 2.12. The predicted molar refractivity (Wildman–Crippen MR) is 46.3 cm³/mol. The highest BCUT2D eigenvalue weighted by Crippen LogP contribution is 2.16. The van der Waals surface area contributed by atoms with Crippen molar-refractivity contribution in [2.24, 2.45) is 0 Å². The van der Waals surface area contributed by atoms with Crippen molar-refractivity contribution in [1.29, 1.82) is 0 Å². The molecule has 78 valence electrons. The van der Waals surface area contributed by atoms with Gasteiger partial charge in [-0.1, -0.05) is 5.21 Å². The van der Waals surface area contributed by atoms with Gasteiger partial charge in [0.2, 0.25) is 0 Å². The van der Waals surface area contributed by atoms with Crippen LogP contribution in [0, 0.1) is 5.82 Å². The van der Waals surface area contributed by atoms with Gasteiger partial charge in [0.05, 0.1) is 11.9 Å². The second-order valence-corrected chi connectivity index (χ2v) is 2.87. The zero-order valence-corrected chi connectivity index (χ0v) is 7.44. The molecule has 0 radical (unpaired) electrons. The van der Waals surface area contributed by atoms with Crippen LogP contribution < -0.4 is 0 Å². The molecule has 2 aromatic rings. The Balaban J connectivity index is 2.33. The Labute approximate surface area is 83.1 Å². The molecule has 0 unspecified atom stereocenters. The number of benzene rings is 1. The Morgan fingerprint density at radius 2 is 1.80 bits per heavy atom. The molecule has 0 aliphatic carbocycles. The molecule has 0 fully saturated rings. The quantitative estimate of drug-likeness (QED) is 0.766. The fraction of sp³-hybridized carbons (Fsp3) is 0.111. The van der Waals surface area contributed by atoms with Gasteiger partial charge in [-0.25, -0.2) is 17.9 Å². The van der Waals surface area contributed by atoms with Crippen molar-refractivity contribution < 1.29 is 13.2 Å². The summed E-state index contributed by atoms with van der Waals surface area (Å²) in [6.45, 7) is 0. The highest BCUT2D eigenvalue weighted by molar-refractivity contribution is 5.30. The van der Waals surface area contributed by atoms with Crippen molar-refractivity contribution in [2.75, 3.05) is 0 Å². The zero-order valence-electron chi connectivity index (χ0n) is 7.44. The first-order chi connectivity index (χ1) is 7.16. The largest absolute Gasteiger partial charge is 0.283 e. The maximum Gasteiger partial charge on any atom is 0.283 e. The number of alkyl halides is 2. The van der Waals surface area contributed by atoms with E-state index in [-0.39, 0.29) is 0 Å². The van der Waals surface area contributed by atoms with E-state index in [0.717, 1.165) is 6.20 Å². The van der Waals surface area contributed by atoms with E-state index < -0.39 is 17.9 Å². The smallest absolute Gasteiger partial charge is 0.220 e. The Morgan fingerprint density at radius 1 is 1.13 bits per heavy atom. The summed E-state index contributed by atoms with van der Waals surface area (Å²) in [7, 11) is 0. The fourth-order valence-corrected chi connectivity index (χ4v) is 1.10. The van der Waals surface area contributed by atoms with Crippen LogP contribution in [0.4, 0.5) is 13.2 Å². The molecule has 0 spiro atoms. The van der Waals surface area contributed by atoms with Crippen molar-refractivity contribution in [3.63, 3.8) is 0 Å². The lowest BCUT2D eigenvalue weighted by molar-refractivity contribution is 0.146. The van der Waals surface area contributed by atoms with Crippen LogP contribution >= 0.6 is 0 Å². The van der Waals surface area contributed by atoms with Gasteiger partial charge < -0.3 is 0 Å². The SMILES string of the molecule is Fc1ccc(-n2cc(C(F)F)nn2)cc1. The lowest BCUT2D eigenvalue weighted by Gasteiger charge is -1.98. The van der Waals surface area contributed by atoms with E-state index in [2.05, 4.69) is 10.3 Å². The molecule has 0 atom stereocenters. The van der Waals surface area contributed by atoms with E-state index in [0.29, 0.717) is 5.69 Å². The van der Waals surface area contributed by atoms with Gasteiger partial charge in [0.25, 0.3) is 6.43 Å². The third-order valence-corrected chi connectivity index (χ3v) is 1.83. The summed E-state index contributed by atoms with van der Waals surface area (Å²) < 4.78 is 38.1. The molecule has 0 aliphatic rings. The summed E-state index contributed by atoms with van der Waals surface area (Å²) in [6.07, 6.45) is -1.54. The molecule has 15 heavy (non-hydrogen) atoms. The Bertz CT molecular complexity index is 450. The first-order valence-corrected chi connectivity index (χ1v) is 4.13. The fourth-order valence-electron chi connectivity index (χ4n) is 1.10. The summed E-state index contributed by atoms with van der Waals surface area (Å²) in [5, 5.41) is 6.79. The van der Waals surface area contributed by atoms with Gasteiger partial charge >= 0.3 is 0 Å². The molecule has 0 saturated carbocycles. The molecule has 1 heterocycles. The lowest BCUT2D eigenvalue weighted by atomic mass is 10.3. The molecule has 0 N–H and O–H groups in total. The molecule has 3 nitrogen and oxygen atoms in total. The zero-order chi connectivity index (χ0) is 10.8. The van der Waals surface area contributed by atoms with Gasteiger partial charge in [-0.15, -0.1) is 5.10 Å². The minimum absolute atomic E-state index is 0.395. The third kappa shape index (κ3) is 1.98. The third-order valence-electron chi connectivity index (χ3n) is 1.83. The predicted octanol–water partition coefficient (Wildman–Crippen LogP) is 2.34. The van der Waals surface area contributed by atoms with Crippen molar-refractivity contribution in [3.05, 3.63) is 42.0 Å². The molecule has 1 aromatic heterocycles. The minimum atomic E-state index is -2.65. The second-order valence-electron chi connectivity index (χ2n) is 2.87. The number of rotatable bonds is 2. The van der Waals surface area contributed by atoms with Crippen LogP contribution in [-0.2, 0) is 0 Å². The molecule has 6 heteroatoms. The standard InChI is InChI=1S/C9H6F3N3/c10-6-1-3-7(4-2-6)15-5-8(9(11)12)13-14-15/h1-5,9H. The summed E-state index contributed by atoms with van der Waals surface area (Å²) >= 11 is 0. The van der Waals surface area contributed by atoms with Gasteiger partial charge in [0, 0.05) is 0 Å². The molecule has 0 amide bonds. The Morgan fingerprint density at radius 3 is 2.33 bits per heavy atom. The van der Waals surface area contributed by atoms with Gasteiger partial charge in [0.1, 0.15) is 11.5 Å². The van der Waals surface area contributed by atoms with Crippen LogP contribution in [0.25, 0.3) is 5.69 Å². The topological polar surface area (TPSA) is 30.7 Å². The van der Waals surface area contributed by atoms with Crippen molar-refractivity contribution >= 4 is 0 Å². The number of hydrogen-bond donors (Lipinski definition) is 0. The van der Waals surface area contributed by atoms with Crippen molar-refractivity contribution in [1.82, 2.24) is 15.0 Å². The summed E-state index contributed by atoms with van der Waals surface area (Å²) in [4.78, 5) is 0. The number of nitrogens with zero attached hydrogens (tertiary/aromatic N) is 3. The summed E-state index contributed by atoms with van der Waals surface area (Å²) in [5.41, 5.74) is 0.0788. The van der Waals surface area contributed by atoms with E-state index in [9.17, 15) is 13.2 Å². The van der Waals surface area contributed by atoms with Gasteiger partial charge in [-0.3, -0.25) is 0 Å². The maximum absolute atomic E-state index is 12.6. The van der Waals surface area contributed by atoms with E-state index in [4.69, 9.17) is 0 Å². The number of aromatic nitrogens is 3. The molecule has 2 rings (SSSR count). The van der Waals surface area contributed by atoms with Crippen LogP contribution in [0.5, 0.6) is 0 Å². The van der Waals surface area contributed by atoms with Crippen LogP contribution in [0.1, 0.15) is 12.1 Å². The maximum atomic E-state index is 12.6. The van der Waals surface area contributed by atoms with Gasteiger partial charge in [-0.2, -0.15) is 0 Å². The molecular weight excluding hydrogens is 207 g/mol. The summed E-state index contributed by atoms with van der Waals surface area (Å²) in [6, 6.07) is 5.30. The monoisotopic (exact) mass is 213 g/mol. The van der Waals surface area contributed by atoms with Crippen LogP contribution in [0.2, 0.25) is 0 Å². The Kier molecular flexibility index (Phi) is 2.40. The molecular formula is C9H6F3N3. The number of hydrogen-bond acceptors (Lipinski definition) is 2. The van der Waals surface area contributed by atoms with E-state index >= 15 is 0 Å². The second kappa shape index (κ2) is 3.72. The first kappa shape index (κ1) is 9.70. The molecule has 1 aromatic carbocycles. The van der Waals surface area contributed by atoms with Crippen LogP contribution in [0.3, 0.4) is 0 Å². The lowest BCUT2D eigenvalue weighted by Crippen LogP contribution is -1.94. The average Bonchev–Trinajstić information content (AvgIpc) is 2.68. The van der Waals surface area contributed by atoms with Crippen LogP contribution in [-0.4, -0.2) is 15.0 Å². The van der Waals surface area contributed by atoms with Gasteiger partial charge in [-0.05, 0) is 24.3 Å². The molecule has 0 aliphatic heterocycles. The molecule has 0 saturated heterocycles. The molecule has 0 bridgehead atoms. The van der Waals surface area contributed by atoms with Crippen LogP contribution in [0.15, 0.2) is 30.5 Å². The first-order valence-electron chi connectivity index (χ1n) is 4.13. The van der Waals surface area contributed by atoms with E-state index in [1.807, 2.05) is 0 Å². The van der Waals surface area contributed by atoms with Crippen molar-refractivity contribution in [3.8, 4) is 5.69 Å². The average molecular weight is 213 g/mol. The highest BCUT2D eigenvalue weighted by atomic mass is 19.3. The van der Waals surface area contributed by atoms with E-state index in [1.165, 1.54) is 28.9 Å². The normalized spacial score (nSPS) is 10.9. The van der Waals surface area contributed by atoms with Gasteiger partial charge in [0.15, 0.2) is 0 Å². The summed E-state index contributed by atoms with van der Waals surface area (Å²) in [5.74, 6) is -0.395. The number of halogens is 3. The Hall–Kier alpha value is -1.85. The van der Waals surface area contributed by atoms with E-state index in [1.54, 1.807) is 0 Å².